The molecule has 0 heterocycles. The number of halogens is 1. The minimum atomic E-state index is -1.03. The number of carbonyl (C=O) groups is 3. The van der Waals surface area contributed by atoms with Crippen molar-refractivity contribution in [1.82, 2.24) is 0 Å². The van der Waals surface area contributed by atoms with Gasteiger partial charge in [0.15, 0.2) is 0 Å². The fourth-order valence-electron chi connectivity index (χ4n) is 1.62. The molecule has 0 amide bonds. The molecule has 0 fully saturated rings. The Kier molecular flexibility index (Phi) is 7.90. The summed E-state index contributed by atoms with van der Waals surface area (Å²) in [5, 5.41) is 0.445. The molecule has 7 nitrogen and oxygen atoms in total. The van der Waals surface area contributed by atoms with Crippen molar-refractivity contribution in [2.45, 2.75) is 25.6 Å². The van der Waals surface area contributed by atoms with Gasteiger partial charge in [0.2, 0.25) is 0 Å². The molecule has 0 N–H and O–H groups in total. The molecule has 0 unspecified atom stereocenters. The SMILES string of the molecule is COC(=O)CC(CC(=O)OC)OC(=O)OCc1ccccc1Cl. The van der Waals surface area contributed by atoms with Crippen LogP contribution in [0, 0.1) is 0 Å². The molecule has 1 aromatic rings. The van der Waals surface area contributed by atoms with Crippen molar-refractivity contribution in [2.24, 2.45) is 0 Å². The van der Waals surface area contributed by atoms with Gasteiger partial charge in [0, 0.05) is 10.6 Å². The molecule has 0 spiro atoms. The van der Waals surface area contributed by atoms with Crippen LogP contribution in [0.5, 0.6) is 0 Å². The zero-order chi connectivity index (χ0) is 17.2. The van der Waals surface area contributed by atoms with Gasteiger partial charge in [0.1, 0.15) is 12.7 Å². The summed E-state index contributed by atoms with van der Waals surface area (Å²) in [7, 11) is 2.38. The van der Waals surface area contributed by atoms with Crippen molar-refractivity contribution in [1.29, 1.82) is 0 Å². The molecule has 0 aliphatic carbocycles. The Balaban J connectivity index is 2.56. The number of rotatable bonds is 7. The number of benzene rings is 1. The van der Waals surface area contributed by atoms with Crippen LogP contribution in [0.15, 0.2) is 24.3 Å². The summed E-state index contributed by atoms with van der Waals surface area (Å²) in [5.41, 5.74) is 0.601. The topological polar surface area (TPSA) is 88.1 Å². The normalized spacial score (nSPS) is 10.1. The summed E-state index contributed by atoms with van der Waals surface area (Å²) in [6, 6.07) is 6.83. The highest BCUT2D eigenvalue weighted by molar-refractivity contribution is 6.31. The molecule has 0 radical (unpaired) electrons. The van der Waals surface area contributed by atoms with Gasteiger partial charge in [-0.2, -0.15) is 0 Å². The first-order valence-corrected chi connectivity index (χ1v) is 7.04. The Morgan fingerprint density at radius 3 is 2.13 bits per heavy atom. The third-order valence-electron chi connectivity index (χ3n) is 2.81. The maximum absolute atomic E-state index is 11.7. The average molecular weight is 345 g/mol. The first-order valence-electron chi connectivity index (χ1n) is 6.66. The summed E-state index contributed by atoms with van der Waals surface area (Å²) in [6.45, 7) is -0.0956. The van der Waals surface area contributed by atoms with E-state index in [1.165, 1.54) is 14.2 Å². The van der Waals surface area contributed by atoms with Crippen LogP contribution >= 0.6 is 11.6 Å². The Bertz CT molecular complexity index is 541. The van der Waals surface area contributed by atoms with Gasteiger partial charge in [-0.25, -0.2) is 4.79 Å². The van der Waals surface area contributed by atoms with Crippen LogP contribution in [0.2, 0.25) is 5.02 Å². The highest BCUT2D eigenvalue weighted by Crippen LogP contribution is 2.16. The molecule has 0 bridgehead atoms. The van der Waals surface area contributed by atoms with Gasteiger partial charge in [-0.3, -0.25) is 9.59 Å². The first-order chi connectivity index (χ1) is 11.0. The maximum Gasteiger partial charge on any atom is 0.508 e. The van der Waals surface area contributed by atoms with E-state index in [-0.39, 0.29) is 19.4 Å². The van der Waals surface area contributed by atoms with Crippen molar-refractivity contribution in [2.75, 3.05) is 14.2 Å². The van der Waals surface area contributed by atoms with E-state index >= 15 is 0 Å². The van der Waals surface area contributed by atoms with E-state index in [4.69, 9.17) is 21.1 Å². The molecule has 0 aliphatic heterocycles. The minimum Gasteiger partial charge on any atom is -0.469 e. The number of hydrogen-bond donors (Lipinski definition) is 0. The van der Waals surface area contributed by atoms with Crippen LogP contribution in [0.25, 0.3) is 0 Å². The lowest BCUT2D eigenvalue weighted by Gasteiger charge is -2.15. The average Bonchev–Trinajstić information content (AvgIpc) is 2.53. The Labute approximate surface area is 138 Å². The van der Waals surface area contributed by atoms with Crippen LogP contribution in [-0.4, -0.2) is 38.4 Å². The van der Waals surface area contributed by atoms with Crippen molar-refractivity contribution < 1.29 is 33.3 Å². The minimum absolute atomic E-state index is 0.0956. The fourth-order valence-corrected chi connectivity index (χ4v) is 1.81. The van der Waals surface area contributed by atoms with Crippen LogP contribution in [0.1, 0.15) is 18.4 Å². The molecular formula is C15H17ClO7. The Hall–Kier alpha value is -2.28. The number of hydrogen-bond acceptors (Lipinski definition) is 7. The largest absolute Gasteiger partial charge is 0.508 e. The van der Waals surface area contributed by atoms with E-state index in [0.717, 1.165) is 0 Å². The molecule has 0 saturated heterocycles. The van der Waals surface area contributed by atoms with Gasteiger partial charge in [-0.15, -0.1) is 0 Å². The Morgan fingerprint density at radius 1 is 1.04 bits per heavy atom. The van der Waals surface area contributed by atoms with Crippen molar-refractivity contribution in [3.63, 3.8) is 0 Å². The van der Waals surface area contributed by atoms with Crippen molar-refractivity contribution in [3.05, 3.63) is 34.9 Å². The van der Waals surface area contributed by atoms with E-state index in [1.54, 1.807) is 24.3 Å². The van der Waals surface area contributed by atoms with Gasteiger partial charge in [-0.05, 0) is 6.07 Å². The molecule has 23 heavy (non-hydrogen) atoms. The Morgan fingerprint density at radius 2 is 1.61 bits per heavy atom. The zero-order valence-electron chi connectivity index (χ0n) is 12.7. The molecular weight excluding hydrogens is 328 g/mol. The maximum atomic E-state index is 11.7. The molecule has 8 heteroatoms. The van der Waals surface area contributed by atoms with Gasteiger partial charge in [0.25, 0.3) is 0 Å². The highest BCUT2D eigenvalue weighted by atomic mass is 35.5. The summed E-state index contributed by atoms with van der Waals surface area (Å²) in [5.74, 6) is -1.25. The van der Waals surface area contributed by atoms with Gasteiger partial charge in [-0.1, -0.05) is 29.8 Å². The summed E-state index contributed by atoms with van der Waals surface area (Å²) in [4.78, 5) is 34.2. The summed E-state index contributed by atoms with van der Waals surface area (Å²) < 4.78 is 18.8. The third kappa shape index (κ3) is 7.01. The predicted octanol–water partition coefficient (Wildman–Crippen LogP) is 2.49. The molecule has 0 aliphatic rings. The zero-order valence-corrected chi connectivity index (χ0v) is 13.5. The molecule has 1 aromatic carbocycles. The molecule has 126 valence electrons. The lowest BCUT2D eigenvalue weighted by molar-refractivity contribution is -0.147. The van der Waals surface area contributed by atoms with Crippen LogP contribution < -0.4 is 0 Å². The fraction of sp³-hybridized carbons (Fsp3) is 0.400. The number of carbonyl (C=O) groups excluding carboxylic acids is 3. The number of ether oxygens (including phenoxy) is 4. The second-order valence-corrected chi connectivity index (χ2v) is 4.84. The second-order valence-electron chi connectivity index (χ2n) is 4.43. The smallest absolute Gasteiger partial charge is 0.469 e. The van der Waals surface area contributed by atoms with E-state index in [2.05, 4.69) is 9.47 Å². The monoisotopic (exact) mass is 344 g/mol. The van der Waals surface area contributed by atoms with E-state index in [1.807, 2.05) is 0 Å². The van der Waals surface area contributed by atoms with E-state index < -0.39 is 24.2 Å². The van der Waals surface area contributed by atoms with Crippen LogP contribution in [0.3, 0.4) is 0 Å². The third-order valence-corrected chi connectivity index (χ3v) is 3.18. The summed E-state index contributed by atoms with van der Waals surface area (Å²) >= 11 is 5.93. The quantitative estimate of drug-likeness (QED) is 0.554. The van der Waals surface area contributed by atoms with Crippen LogP contribution in [0.4, 0.5) is 4.79 Å². The number of methoxy groups -OCH3 is 2. The molecule has 1 rings (SSSR count). The van der Waals surface area contributed by atoms with Gasteiger partial charge in [0.05, 0.1) is 27.1 Å². The highest BCUT2D eigenvalue weighted by Gasteiger charge is 2.23. The van der Waals surface area contributed by atoms with E-state index in [0.29, 0.717) is 10.6 Å². The lowest BCUT2D eigenvalue weighted by atomic mass is 10.2. The number of esters is 2. The lowest BCUT2D eigenvalue weighted by Crippen LogP contribution is -2.26. The standard InChI is InChI=1S/C15H17ClO7/c1-20-13(17)7-11(8-14(18)21-2)23-15(19)22-9-10-5-3-4-6-12(10)16/h3-6,11H,7-9H2,1-2H3. The van der Waals surface area contributed by atoms with Crippen molar-refractivity contribution >= 4 is 29.7 Å². The van der Waals surface area contributed by atoms with Crippen LogP contribution in [-0.2, 0) is 35.1 Å². The second kappa shape index (κ2) is 9.68. The van der Waals surface area contributed by atoms with Crippen molar-refractivity contribution in [3.8, 4) is 0 Å². The molecule has 0 aromatic heterocycles. The molecule has 0 saturated carbocycles. The van der Waals surface area contributed by atoms with Gasteiger partial charge < -0.3 is 18.9 Å². The summed E-state index contributed by atoms with van der Waals surface area (Å²) in [6.07, 6.45) is -2.63. The predicted molar refractivity (Wildman–Crippen MR) is 79.8 cm³/mol. The molecule has 0 atom stereocenters. The van der Waals surface area contributed by atoms with Gasteiger partial charge >= 0.3 is 18.1 Å². The first kappa shape index (κ1) is 18.8. The van der Waals surface area contributed by atoms with E-state index in [9.17, 15) is 14.4 Å².